The van der Waals surface area contributed by atoms with E-state index in [0.29, 0.717) is 31.5 Å². The van der Waals surface area contributed by atoms with Crippen LogP contribution in [0.4, 0.5) is 0 Å². The van der Waals surface area contributed by atoms with Crippen LogP contribution in [-0.4, -0.2) is 98.6 Å². The number of carbonyl (C=O) groups is 2. The first-order chi connectivity index (χ1) is 12.2. The molecular weight excluding hydrogens is 356 g/mol. The second-order valence-corrected chi connectivity index (χ2v) is 7.45. The van der Waals surface area contributed by atoms with E-state index < -0.39 is 0 Å². The topological polar surface area (TPSA) is 65.1 Å². The van der Waals surface area contributed by atoms with Crippen molar-refractivity contribution in [1.29, 1.82) is 0 Å². The Morgan fingerprint density at radius 3 is 2.73 bits per heavy atom. The summed E-state index contributed by atoms with van der Waals surface area (Å²) in [6, 6.07) is 0.307. The van der Waals surface area contributed by atoms with Gasteiger partial charge in [-0.3, -0.25) is 14.5 Å². The van der Waals surface area contributed by atoms with Gasteiger partial charge in [0.15, 0.2) is 0 Å². The van der Waals surface area contributed by atoms with Gasteiger partial charge in [-0.25, -0.2) is 0 Å². The molecule has 7 nitrogen and oxygen atoms in total. The van der Waals surface area contributed by atoms with Crippen molar-refractivity contribution in [3.63, 3.8) is 0 Å². The molecule has 0 spiro atoms. The molecule has 3 saturated heterocycles. The number of nitrogens with zero attached hydrogens (tertiary/aromatic N) is 3. The Labute approximate surface area is 162 Å². The average Bonchev–Trinajstić information content (AvgIpc) is 2.64. The predicted molar refractivity (Wildman–Crippen MR) is 102 cm³/mol. The van der Waals surface area contributed by atoms with E-state index in [1.54, 1.807) is 7.11 Å². The van der Waals surface area contributed by atoms with Crippen LogP contribution in [0.2, 0.25) is 0 Å². The maximum Gasteiger partial charge on any atom is 0.236 e. The Kier molecular flexibility index (Phi) is 8.60. The highest BCUT2D eigenvalue weighted by Gasteiger charge is 2.40. The van der Waals surface area contributed by atoms with Crippen LogP contribution in [-0.2, 0) is 14.3 Å². The SMILES string of the molecule is COCCCN1C(=O)CC[C@H]2CN(C(=O)CN3CCNCC3)CC[C@H]21.Cl. The Hall–Kier alpha value is -0.890. The van der Waals surface area contributed by atoms with Gasteiger partial charge in [0.05, 0.1) is 6.54 Å². The second kappa shape index (κ2) is 10.4. The standard InChI is InChI=1S/C18H32N4O3.ClH/c1-25-12-2-8-22-16-5-9-21(13-15(16)3-4-17(22)23)18(24)14-20-10-6-19-7-11-20;/h15-16,19H,2-14H2,1H3;1H/t15-,16+;/m0./s1. The van der Waals surface area contributed by atoms with Crippen LogP contribution in [0, 0.1) is 5.92 Å². The third kappa shape index (κ3) is 5.31. The number of fused-ring (bicyclic) bond motifs is 1. The number of methoxy groups -OCH3 is 1. The van der Waals surface area contributed by atoms with E-state index in [2.05, 4.69) is 15.1 Å². The zero-order valence-electron chi connectivity index (χ0n) is 15.8. The lowest BCUT2D eigenvalue weighted by molar-refractivity contribution is -0.144. The quantitative estimate of drug-likeness (QED) is 0.658. The molecule has 0 aliphatic carbocycles. The fraction of sp³-hybridized carbons (Fsp3) is 0.889. The van der Waals surface area contributed by atoms with E-state index in [1.807, 2.05) is 4.90 Å². The number of hydrogen-bond donors (Lipinski definition) is 1. The van der Waals surface area contributed by atoms with Crippen LogP contribution in [0.15, 0.2) is 0 Å². The van der Waals surface area contributed by atoms with E-state index in [-0.39, 0.29) is 24.2 Å². The molecule has 3 aliphatic heterocycles. The number of likely N-dealkylation sites (tertiary alicyclic amines) is 2. The lowest BCUT2D eigenvalue weighted by Crippen LogP contribution is -2.58. The molecule has 0 aromatic rings. The van der Waals surface area contributed by atoms with Crippen molar-refractivity contribution in [2.45, 2.75) is 31.7 Å². The van der Waals surface area contributed by atoms with Crippen LogP contribution in [0.3, 0.4) is 0 Å². The molecule has 3 heterocycles. The highest BCUT2D eigenvalue weighted by atomic mass is 35.5. The van der Waals surface area contributed by atoms with Crippen molar-refractivity contribution in [3.05, 3.63) is 0 Å². The molecule has 0 aromatic carbocycles. The molecule has 0 radical (unpaired) electrons. The van der Waals surface area contributed by atoms with Crippen molar-refractivity contribution in [3.8, 4) is 0 Å². The Morgan fingerprint density at radius 2 is 2.00 bits per heavy atom. The van der Waals surface area contributed by atoms with E-state index >= 15 is 0 Å². The van der Waals surface area contributed by atoms with Gasteiger partial charge in [0.25, 0.3) is 0 Å². The van der Waals surface area contributed by atoms with Crippen LogP contribution < -0.4 is 5.32 Å². The van der Waals surface area contributed by atoms with Gasteiger partial charge in [0.2, 0.25) is 11.8 Å². The average molecular weight is 389 g/mol. The Balaban J connectivity index is 0.00000243. The van der Waals surface area contributed by atoms with E-state index in [9.17, 15) is 9.59 Å². The number of hydrogen-bond acceptors (Lipinski definition) is 5. The first-order valence-electron chi connectivity index (χ1n) is 9.68. The van der Waals surface area contributed by atoms with Crippen molar-refractivity contribution < 1.29 is 14.3 Å². The number of ether oxygens (including phenoxy) is 1. The minimum absolute atomic E-state index is 0. The summed E-state index contributed by atoms with van der Waals surface area (Å²) in [5.74, 6) is 0.960. The molecule has 26 heavy (non-hydrogen) atoms. The first kappa shape index (κ1) is 21.4. The minimum atomic E-state index is 0. The van der Waals surface area contributed by atoms with Crippen LogP contribution in [0.1, 0.15) is 25.7 Å². The Bertz CT molecular complexity index is 473. The summed E-state index contributed by atoms with van der Waals surface area (Å²) in [7, 11) is 1.70. The summed E-state index contributed by atoms with van der Waals surface area (Å²) in [6.07, 6.45) is 3.34. The third-order valence-corrected chi connectivity index (χ3v) is 5.81. The van der Waals surface area contributed by atoms with Crippen LogP contribution in [0.25, 0.3) is 0 Å². The number of halogens is 1. The molecule has 1 N–H and O–H groups in total. The maximum atomic E-state index is 12.7. The molecule has 0 unspecified atom stereocenters. The van der Waals surface area contributed by atoms with Gasteiger partial charge in [-0.2, -0.15) is 0 Å². The third-order valence-electron chi connectivity index (χ3n) is 5.81. The number of amides is 2. The van der Waals surface area contributed by atoms with Crippen molar-refractivity contribution in [2.75, 3.05) is 66.1 Å². The van der Waals surface area contributed by atoms with Gasteiger partial charge >= 0.3 is 0 Å². The molecule has 0 saturated carbocycles. The molecule has 2 atom stereocenters. The largest absolute Gasteiger partial charge is 0.385 e. The highest BCUT2D eigenvalue weighted by Crippen LogP contribution is 2.31. The van der Waals surface area contributed by atoms with Crippen molar-refractivity contribution >= 4 is 24.2 Å². The summed E-state index contributed by atoms with van der Waals surface area (Å²) in [5, 5.41) is 3.32. The summed E-state index contributed by atoms with van der Waals surface area (Å²) in [6.45, 7) is 7.44. The zero-order valence-corrected chi connectivity index (χ0v) is 16.6. The molecule has 150 valence electrons. The summed E-state index contributed by atoms with van der Waals surface area (Å²) in [5.41, 5.74) is 0. The second-order valence-electron chi connectivity index (χ2n) is 7.45. The monoisotopic (exact) mass is 388 g/mol. The minimum Gasteiger partial charge on any atom is -0.385 e. The normalized spacial score (nSPS) is 27.0. The molecule has 3 rings (SSSR count). The Morgan fingerprint density at radius 1 is 1.23 bits per heavy atom. The number of carbonyl (C=O) groups excluding carboxylic acids is 2. The number of piperidine rings is 2. The fourth-order valence-corrected chi connectivity index (χ4v) is 4.41. The van der Waals surface area contributed by atoms with Gasteiger partial charge in [0.1, 0.15) is 0 Å². The number of nitrogens with one attached hydrogen (secondary N) is 1. The maximum absolute atomic E-state index is 12.7. The number of rotatable bonds is 6. The first-order valence-corrected chi connectivity index (χ1v) is 9.68. The molecule has 3 aliphatic rings. The van der Waals surface area contributed by atoms with Crippen molar-refractivity contribution in [1.82, 2.24) is 20.0 Å². The lowest BCUT2D eigenvalue weighted by atomic mass is 9.83. The van der Waals surface area contributed by atoms with E-state index in [4.69, 9.17) is 4.74 Å². The van der Waals surface area contributed by atoms with E-state index in [1.165, 1.54) is 0 Å². The van der Waals surface area contributed by atoms with E-state index in [0.717, 1.165) is 65.1 Å². The molecule has 0 aromatic heterocycles. The van der Waals surface area contributed by atoms with Gasteiger partial charge in [-0.15, -0.1) is 12.4 Å². The van der Waals surface area contributed by atoms with Gasteiger partial charge < -0.3 is 19.9 Å². The summed E-state index contributed by atoms with van der Waals surface area (Å²) < 4.78 is 5.12. The van der Waals surface area contributed by atoms with Crippen LogP contribution >= 0.6 is 12.4 Å². The number of piperazine rings is 1. The predicted octanol–water partition coefficient (Wildman–Crippen LogP) is 0.189. The lowest BCUT2D eigenvalue weighted by Gasteiger charge is -2.47. The molecule has 3 fully saturated rings. The van der Waals surface area contributed by atoms with Gasteiger partial charge in [-0.05, 0) is 25.2 Å². The molecule has 0 bridgehead atoms. The van der Waals surface area contributed by atoms with Gasteiger partial charge in [-0.1, -0.05) is 0 Å². The van der Waals surface area contributed by atoms with Gasteiger partial charge in [0, 0.05) is 72.0 Å². The smallest absolute Gasteiger partial charge is 0.236 e. The molecular formula is C18H33ClN4O3. The molecule has 8 heteroatoms. The molecule has 2 amide bonds. The summed E-state index contributed by atoms with van der Waals surface area (Å²) in [4.78, 5) is 31.3. The summed E-state index contributed by atoms with van der Waals surface area (Å²) >= 11 is 0. The van der Waals surface area contributed by atoms with Crippen molar-refractivity contribution in [2.24, 2.45) is 5.92 Å². The van der Waals surface area contributed by atoms with Crippen LogP contribution in [0.5, 0.6) is 0 Å². The zero-order chi connectivity index (χ0) is 17.6. The highest BCUT2D eigenvalue weighted by molar-refractivity contribution is 5.85. The fourth-order valence-electron chi connectivity index (χ4n) is 4.41.